The largest absolute Gasteiger partial charge is 3.00 e. The number of methoxy groups -OCH3 is 6. The van der Waals surface area contributed by atoms with Crippen molar-refractivity contribution in [3.8, 4) is 34.5 Å². The Morgan fingerprint density at radius 1 is 0.321 bits per heavy atom. The summed E-state index contributed by atoms with van der Waals surface area (Å²) in [6, 6.07) is 47.5. The predicted octanol–water partition coefficient (Wildman–Crippen LogP) is 7.48. The van der Waals surface area contributed by atoms with Gasteiger partial charge in [-0.3, -0.25) is 0 Å². The fourth-order valence-corrected chi connectivity index (χ4v) is 17.2. The minimum Gasteiger partial charge on any atom is -1.00 e. The Bertz CT molecular complexity index is 1720. The second-order valence-corrected chi connectivity index (χ2v) is 18.8. The summed E-state index contributed by atoms with van der Waals surface area (Å²) in [4.78, 5) is 17.1. The first-order valence-electron chi connectivity index (χ1n) is 16.6. The van der Waals surface area contributed by atoms with E-state index in [2.05, 4.69) is 0 Å². The van der Waals surface area contributed by atoms with E-state index in [1.54, 1.807) is 42.7 Å². The number of rotatable bonds is 14. The van der Waals surface area contributed by atoms with Crippen molar-refractivity contribution >= 4 is 51.6 Å². The van der Waals surface area contributed by atoms with Crippen LogP contribution in [0.1, 0.15) is 4.28 Å². The maximum atomic E-state index is 17.1. The Hall–Kier alpha value is -4.70. The van der Waals surface area contributed by atoms with Gasteiger partial charge < -0.3 is 32.7 Å². The van der Waals surface area contributed by atoms with E-state index < -0.39 is 14.5 Å². The van der Waals surface area contributed by atoms with E-state index in [0.717, 1.165) is 31.8 Å². The predicted molar refractivity (Wildman–Crippen MR) is 218 cm³/mol. The summed E-state index contributed by atoms with van der Waals surface area (Å²) in [5, 5.41) is 5.40. The van der Waals surface area contributed by atoms with Crippen LogP contribution in [0.5, 0.6) is 34.5 Å². The number of hydrogen-bond acceptors (Lipinski definition) is 7. The third-order valence-corrected chi connectivity index (χ3v) is 18.7. The fourth-order valence-electron chi connectivity index (χ4n) is 6.62. The van der Waals surface area contributed by atoms with Gasteiger partial charge in [-0.1, -0.05) is 0 Å². The molecule has 276 valence electrons. The Morgan fingerprint density at radius 3 is 0.566 bits per heavy atom. The third-order valence-electron chi connectivity index (χ3n) is 9.33. The minimum absolute atomic E-state index is 0. The van der Waals surface area contributed by atoms with Gasteiger partial charge in [0.15, 0.2) is 0 Å². The smallest absolute Gasteiger partial charge is 1.00 e. The van der Waals surface area contributed by atoms with E-state index in [4.69, 9.17) is 28.4 Å². The first kappa shape index (κ1) is 39.5. The molecule has 0 saturated heterocycles. The van der Waals surface area contributed by atoms with Gasteiger partial charge in [-0.25, -0.2) is 4.79 Å². The van der Waals surface area contributed by atoms with Gasteiger partial charge in [0.25, 0.3) is 0 Å². The number of ether oxygens (including phenoxy) is 6. The van der Waals surface area contributed by atoms with E-state index in [9.17, 15) is 0 Å². The van der Waals surface area contributed by atoms with Gasteiger partial charge >= 0.3 is 25.4 Å². The van der Waals surface area contributed by atoms with Crippen LogP contribution in [-0.2, 0) is 20.1 Å². The molecule has 0 aliphatic rings. The van der Waals surface area contributed by atoms with Crippen LogP contribution in [0.15, 0.2) is 146 Å². The molecule has 0 aliphatic carbocycles. The van der Waals surface area contributed by atoms with Gasteiger partial charge in [-0.15, -0.1) is 0 Å². The molecule has 0 amide bonds. The molecule has 0 unspecified atom stereocenters. The Labute approximate surface area is 330 Å². The monoisotopic (exact) mass is 928 g/mol. The first-order valence-corrected chi connectivity index (χ1v) is 20.2. The molecule has 6 aromatic rings. The number of carbonyl (C=O) groups is 1. The Kier molecular flexibility index (Phi) is 13.0. The average molecular weight is 928 g/mol. The summed E-state index contributed by atoms with van der Waals surface area (Å²) in [6.45, 7) is 0. The van der Waals surface area contributed by atoms with Gasteiger partial charge in [-0.05, 0) is 146 Å². The second-order valence-electron chi connectivity index (χ2n) is 11.8. The van der Waals surface area contributed by atoms with E-state index in [0.29, 0.717) is 34.5 Å². The first-order chi connectivity index (χ1) is 25.4. The molecule has 10 heteroatoms. The van der Waals surface area contributed by atoms with Crippen LogP contribution in [-0.4, -0.2) is 47.9 Å². The standard InChI is InChI=1S/C43H42O7P2.Ir.3H/c1-45-31-7-19-37(20-8-31)51(38-21-9-32(46-2)10-22-38,39-23-11-33(47-3)12-24-39)43(44)52(40-25-13-34(48-4)14-26-40,41-27-15-35(49-5)16-28-41)42-29-17-36(50-6)18-30-42;;;;/h7-30H,1-6H3;;;;/q+2;+3;3*-1. The van der Waals surface area contributed by atoms with Gasteiger partial charge in [0.2, 0.25) is 14.5 Å². The maximum Gasteiger partial charge on any atom is 3.00 e. The molecule has 0 aliphatic heterocycles. The van der Waals surface area contributed by atoms with Crippen molar-refractivity contribution in [2.24, 2.45) is 0 Å². The summed E-state index contributed by atoms with van der Waals surface area (Å²) < 4.78 is 33.7. The van der Waals surface area contributed by atoms with Crippen LogP contribution in [0.2, 0.25) is 0 Å². The van der Waals surface area contributed by atoms with E-state index >= 15 is 4.79 Å². The minimum atomic E-state index is -3.26. The van der Waals surface area contributed by atoms with E-state index in [1.165, 1.54) is 0 Å². The van der Waals surface area contributed by atoms with Crippen LogP contribution < -0.4 is 60.2 Å². The normalized spacial score (nSPS) is 11.1. The van der Waals surface area contributed by atoms with Gasteiger partial charge in [0.05, 0.1) is 42.7 Å². The molecule has 0 fully saturated rings. The molecule has 6 aromatic carbocycles. The molecule has 0 radical (unpaired) electrons. The quantitative estimate of drug-likeness (QED) is 0.105. The summed E-state index contributed by atoms with van der Waals surface area (Å²) in [5.41, 5.74) is 0. The molecule has 6 rings (SSSR count). The van der Waals surface area contributed by atoms with Crippen molar-refractivity contribution in [1.29, 1.82) is 0 Å². The molecule has 0 bridgehead atoms. The average Bonchev–Trinajstić information content (AvgIpc) is 3.22. The molecular weight excluding hydrogens is 883 g/mol. The molecule has 0 heterocycles. The van der Waals surface area contributed by atoms with Crippen molar-refractivity contribution in [3.63, 3.8) is 0 Å². The van der Waals surface area contributed by atoms with Crippen molar-refractivity contribution in [2.45, 2.75) is 0 Å². The molecule has 53 heavy (non-hydrogen) atoms. The molecular formula is C43H45IrO7P2+2. The van der Waals surface area contributed by atoms with Crippen molar-refractivity contribution in [1.82, 2.24) is 0 Å². The van der Waals surface area contributed by atoms with E-state index in [1.807, 2.05) is 146 Å². The number of benzene rings is 6. The van der Waals surface area contributed by atoms with Gasteiger partial charge in [-0.2, -0.15) is 0 Å². The zero-order chi connectivity index (χ0) is 36.7. The number of carbonyl (C=O) groups excluding carboxylic acids is 1. The Morgan fingerprint density at radius 2 is 0.453 bits per heavy atom. The van der Waals surface area contributed by atoms with Crippen molar-refractivity contribution < 1.29 is 57.6 Å². The fraction of sp³-hybridized carbons (Fsp3) is 0.140. The zero-order valence-electron chi connectivity index (χ0n) is 33.4. The molecule has 0 spiro atoms. The van der Waals surface area contributed by atoms with Gasteiger partial charge in [0, 0.05) is 0 Å². The molecule has 0 saturated carbocycles. The van der Waals surface area contributed by atoms with Crippen LogP contribution in [0.25, 0.3) is 0 Å². The van der Waals surface area contributed by atoms with Crippen LogP contribution >= 0.6 is 14.5 Å². The molecule has 0 aromatic heterocycles. The van der Waals surface area contributed by atoms with Crippen molar-refractivity contribution in [3.05, 3.63) is 146 Å². The summed E-state index contributed by atoms with van der Waals surface area (Å²) >= 11 is 0. The topological polar surface area (TPSA) is 72.5 Å². The number of hydrogen-bond donors (Lipinski definition) is 0. The van der Waals surface area contributed by atoms with Crippen LogP contribution in [0.4, 0.5) is 4.79 Å². The molecule has 0 N–H and O–H groups in total. The Balaban J connectivity index is 0.00000271. The van der Waals surface area contributed by atoms with Crippen LogP contribution in [0, 0.1) is 0 Å². The summed E-state index contributed by atoms with van der Waals surface area (Å²) in [6.07, 6.45) is 0. The zero-order valence-corrected chi connectivity index (χ0v) is 34.6. The van der Waals surface area contributed by atoms with Crippen LogP contribution in [0.3, 0.4) is 0 Å². The van der Waals surface area contributed by atoms with Gasteiger partial charge in [0.1, 0.15) is 66.3 Å². The second kappa shape index (κ2) is 17.4. The maximum absolute atomic E-state index is 17.1. The van der Waals surface area contributed by atoms with E-state index in [-0.39, 0.29) is 29.7 Å². The third kappa shape index (κ3) is 7.30. The SMILES string of the molecule is COc1ccc([P+](C(=O)[P+](c2ccc(OC)cc2)(c2ccc(OC)cc2)c2ccc(OC)cc2)(c2ccc(OC)cc2)c2ccc(OC)cc2)cc1.[H-].[H-].[H-].[Ir+3]. The summed E-state index contributed by atoms with van der Waals surface area (Å²) in [5.74, 6) is 4.17. The molecule has 0 atom stereocenters. The van der Waals surface area contributed by atoms with Crippen molar-refractivity contribution in [2.75, 3.05) is 42.7 Å². The summed E-state index contributed by atoms with van der Waals surface area (Å²) in [7, 11) is 3.33. The molecule has 7 nitrogen and oxygen atoms in total.